The second-order valence-corrected chi connectivity index (χ2v) is 6.00. The van der Waals surface area contributed by atoms with E-state index >= 15 is 0 Å². The Morgan fingerprint density at radius 2 is 2.00 bits per heavy atom. The van der Waals surface area contributed by atoms with Crippen LogP contribution < -0.4 is 0 Å². The molecule has 2 unspecified atom stereocenters. The molecule has 1 saturated heterocycles. The first kappa shape index (κ1) is 11.1. The normalized spacial score (nSPS) is 30.3. The van der Waals surface area contributed by atoms with Gasteiger partial charge in [0.2, 0.25) is 0 Å². The molecule has 0 amide bonds. The van der Waals surface area contributed by atoms with Gasteiger partial charge in [0.15, 0.2) is 4.32 Å². The largest absolute Gasteiger partial charge is 0.461 e. The molecule has 1 aliphatic rings. The van der Waals surface area contributed by atoms with E-state index in [1.807, 2.05) is 31.2 Å². The molecule has 0 bridgehead atoms. The van der Waals surface area contributed by atoms with E-state index in [0.29, 0.717) is 6.42 Å². The van der Waals surface area contributed by atoms with E-state index in [2.05, 4.69) is 31.9 Å². The summed E-state index contributed by atoms with van der Waals surface area (Å²) in [5, 5.41) is 0. The van der Waals surface area contributed by atoms with Gasteiger partial charge in [0.25, 0.3) is 0 Å². The Morgan fingerprint density at radius 3 is 2.47 bits per heavy atom. The summed E-state index contributed by atoms with van der Waals surface area (Å²) in [6.45, 7) is 1.90. The quantitative estimate of drug-likeness (QED) is 0.581. The highest BCUT2D eigenvalue weighted by molar-refractivity contribution is 9.10. The molecule has 15 heavy (non-hydrogen) atoms. The fraction of sp³-hybridized carbons (Fsp3) is 0.364. The lowest BCUT2D eigenvalue weighted by atomic mass is 9.96. The molecule has 1 fully saturated rings. The Hall–Kier alpha value is -0.350. The second kappa shape index (κ2) is 3.91. The van der Waals surface area contributed by atoms with Crippen molar-refractivity contribution in [2.75, 3.05) is 0 Å². The summed E-state index contributed by atoms with van der Waals surface area (Å²) >= 11 is 6.86. The Morgan fingerprint density at radius 1 is 1.40 bits per heavy atom. The standard InChI is InChI=1S/C11H10Br2O2/c1-7-6-11(13,10(14)15-7)8-2-4-9(12)5-3-8/h2-5,7H,6H2,1H3. The zero-order valence-electron chi connectivity index (χ0n) is 8.17. The molecule has 4 heteroatoms. The van der Waals surface area contributed by atoms with Crippen LogP contribution in [-0.4, -0.2) is 12.1 Å². The summed E-state index contributed by atoms with van der Waals surface area (Å²) in [6, 6.07) is 7.71. The molecule has 0 aliphatic carbocycles. The number of carbonyl (C=O) groups is 1. The number of esters is 1. The lowest BCUT2D eigenvalue weighted by molar-refractivity contribution is -0.142. The van der Waals surface area contributed by atoms with Crippen LogP contribution in [0.15, 0.2) is 28.7 Å². The minimum atomic E-state index is -0.660. The molecule has 0 aromatic heterocycles. The van der Waals surface area contributed by atoms with Gasteiger partial charge in [0.1, 0.15) is 6.10 Å². The van der Waals surface area contributed by atoms with E-state index in [1.165, 1.54) is 0 Å². The zero-order chi connectivity index (χ0) is 11.1. The Balaban J connectivity index is 2.37. The fourth-order valence-electron chi connectivity index (χ4n) is 1.75. The van der Waals surface area contributed by atoms with Crippen LogP contribution >= 0.6 is 31.9 Å². The zero-order valence-corrected chi connectivity index (χ0v) is 11.3. The number of hydrogen-bond donors (Lipinski definition) is 0. The Bertz CT molecular complexity index is 388. The molecule has 0 radical (unpaired) electrons. The molecule has 0 spiro atoms. The predicted molar refractivity (Wildman–Crippen MR) is 64.9 cm³/mol. The summed E-state index contributed by atoms with van der Waals surface area (Å²) < 4.78 is 5.51. The van der Waals surface area contributed by atoms with E-state index in [0.717, 1.165) is 10.0 Å². The van der Waals surface area contributed by atoms with Crippen molar-refractivity contribution in [2.45, 2.75) is 23.8 Å². The van der Waals surface area contributed by atoms with Crippen molar-refractivity contribution in [3.63, 3.8) is 0 Å². The maximum atomic E-state index is 11.7. The van der Waals surface area contributed by atoms with Crippen LogP contribution in [-0.2, 0) is 13.9 Å². The molecule has 1 aromatic carbocycles. The molecular formula is C11H10Br2O2. The van der Waals surface area contributed by atoms with Crippen molar-refractivity contribution in [1.82, 2.24) is 0 Å². The maximum Gasteiger partial charge on any atom is 0.327 e. The minimum absolute atomic E-state index is 0.0273. The number of cyclic esters (lactones) is 1. The van der Waals surface area contributed by atoms with Crippen molar-refractivity contribution in [2.24, 2.45) is 0 Å². The van der Waals surface area contributed by atoms with Crippen LogP contribution in [0.4, 0.5) is 0 Å². The molecule has 80 valence electrons. The molecule has 1 heterocycles. The minimum Gasteiger partial charge on any atom is -0.461 e. The van der Waals surface area contributed by atoms with Gasteiger partial charge < -0.3 is 4.74 Å². The molecule has 2 atom stereocenters. The van der Waals surface area contributed by atoms with E-state index in [-0.39, 0.29) is 12.1 Å². The molecule has 1 aliphatic heterocycles. The van der Waals surface area contributed by atoms with E-state index < -0.39 is 4.32 Å². The lowest BCUT2D eigenvalue weighted by Gasteiger charge is -2.17. The van der Waals surface area contributed by atoms with Gasteiger partial charge in [-0.3, -0.25) is 4.79 Å². The van der Waals surface area contributed by atoms with Gasteiger partial charge in [-0.05, 0) is 24.6 Å². The van der Waals surface area contributed by atoms with Crippen molar-refractivity contribution < 1.29 is 9.53 Å². The monoisotopic (exact) mass is 332 g/mol. The van der Waals surface area contributed by atoms with Gasteiger partial charge in [0.05, 0.1) is 0 Å². The maximum absolute atomic E-state index is 11.7. The number of rotatable bonds is 1. The number of alkyl halides is 1. The highest BCUT2D eigenvalue weighted by Gasteiger charge is 2.47. The van der Waals surface area contributed by atoms with Crippen LogP contribution in [0.5, 0.6) is 0 Å². The van der Waals surface area contributed by atoms with Crippen LogP contribution in [0.2, 0.25) is 0 Å². The van der Waals surface area contributed by atoms with Crippen LogP contribution in [0.25, 0.3) is 0 Å². The third-order valence-corrected chi connectivity index (χ3v) is 4.14. The SMILES string of the molecule is CC1CC(Br)(c2ccc(Br)cc2)C(=O)O1. The topological polar surface area (TPSA) is 26.3 Å². The van der Waals surface area contributed by atoms with Gasteiger partial charge in [0, 0.05) is 10.9 Å². The third-order valence-electron chi connectivity index (χ3n) is 2.50. The third kappa shape index (κ3) is 1.97. The van der Waals surface area contributed by atoms with Crippen LogP contribution in [0.3, 0.4) is 0 Å². The average Bonchev–Trinajstić information content (AvgIpc) is 2.42. The second-order valence-electron chi connectivity index (χ2n) is 3.73. The first-order valence-electron chi connectivity index (χ1n) is 4.68. The van der Waals surface area contributed by atoms with E-state index in [9.17, 15) is 4.79 Å². The van der Waals surface area contributed by atoms with Gasteiger partial charge in [-0.2, -0.15) is 0 Å². The summed E-state index contributed by atoms with van der Waals surface area (Å²) in [5.41, 5.74) is 0.944. The molecule has 0 saturated carbocycles. The van der Waals surface area contributed by atoms with Crippen molar-refractivity contribution in [3.05, 3.63) is 34.3 Å². The van der Waals surface area contributed by atoms with Crippen LogP contribution in [0.1, 0.15) is 18.9 Å². The molecular weight excluding hydrogens is 324 g/mol. The van der Waals surface area contributed by atoms with Gasteiger partial charge in [-0.25, -0.2) is 0 Å². The Labute approximate surface area is 105 Å². The molecule has 1 aromatic rings. The van der Waals surface area contributed by atoms with Gasteiger partial charge in [-0.1, -0.05) is 44.0 Å². The van der Waals surface area contributed by atoms with Crippen molar-refractivity contribution in [3.8, 4) is 0 Å². The summed E-state index contributed by atoms with van der Waals surface area (Å²) in [4.78, 5) is 11.7. The molecule has 2 rings (SSSR count). The van der Waals surface area contributed by atoms with Crippen LogP contribution in [0, 0.1) is 0 Å². The van der Waals surface area contributed by atoms with Crippen molar-refractivity contribution in [1.29, 1.82) is 0 Å². The van der Waals surface area contributed by atoms with E-state index in [1.54, 1.807) is 0 Å². The number of hydrogen-bond acceptors (Lipinski definition) is 2. The molecule has 2 nitrogen and oxygen atoms in total. The van der Waals surface area contributed by atoms with E-state index in [4.69, 9.17) is 4.74 Å². The summed E-state index contributed by atoms with van der Waals surface area (Å²) in [5.74, 6) is -0.197. The molecule has 0 N–H and O–H groups in total. The van der Waals surface area contributed by atoms with Crippen molar-refractivity contribution >= 4 is 37.8 Å². The summed E-state index contributed by atoms with van der Waals surface area (Å²) in [6.07, 6.45) is 0.647. The number of carbonyl (C=O) groups excluding carboxylic acids is 1. The predicted octanol–water partition coefficient (Wildman–Crippen LogP) is 3.37. The fourth-order valence-corrected chi connectivity index (χ4v) is 2.83. The first-order chi connectivity index (χ1) is 7.02. The smallest absolute Gasteiger partial charge is 0.327 e. The van der Waals surface area contributed by atoms with Gasteiger partial charge in [-0.15, -0.1) is 0 Å². The number of halogens is 2. The Kier molecular flexibility index (Phi) is 2.90. The lowest BCUT2D eigenvalue weighted by Crippen LogP contribution is -2.23. The highest BCUT2D eigenvalue weighted by atomic mass is 79.9. The number of ether oxygens (including phenoxy) is 1. The van der Waals surface area contributed by atoms with Gasteiger partial charge >= 0.3 is 5.97 Å². The summed E-state index contributed by atoms with van der Waals surface area (Å²) in [7, 11) is 0. The first-order valence-corrected chi connectivity index (χ1v) is 6.27. The number of benzene rings is 1. The average molecular weight is 334 g/mol. The highest BCUT2D eigenvalue weighted by Crippen LogP contribution is 2.43.